The van der Waals surface area contributed by atoms with E-state index >= 15 is 0 Å². The topological polar surface area (TPSA) is 105 Å². The average molecular weight is 302 g/mol. The van der Waals surface area contributed by atoms with Crippen LogP contribution in [0.2, 0.25) is 0 Å². The van der Waals surface area contributed by atoms with Crippen LogP contribution >= 0.6 is 0 Å². The minimum absolute atomic E-state index is 0.0291. The number of ether oxygens (including phenoxy) is 1. The Kier molecular flexibility index (Phi) is 10.0. The lowest BCUT2D eigenvalue weighted by molar-refractivity contribution is -0.143. The summed E-state index contributed by atoms with van der Waals surface area (Å²) in [6.45, 7) is 6.54. The Morgan fingerprint density at radius 2 is 1.86 bits per heavy atom. The van der Waals surface area contributed by atoms with Crippen molar-refractivity contribution in [2.24, 2.45) is 11.8 Å². The van der Waals surface area contributed by atoms with Crippen molar-refractivity contribution in [3.63, 3.8) is 0 Å². The summed E-state index contributed by atoms with van der Waals surface area (Å²) in [5.41, 5.74) is 0. The molecule has 0 unspecified atom stereocenters. The highest BCUT2D eigenvalue weighted by Gasteiger charge is 2.16. The maximum Gasteiger partial charge on any atom is 0.314 e. The van der Waals surface area contributed by atoms with Gasteiger partial charge in [-0.2, -0.15) is 0 Å². The van der Waals surface area contributed by atoms with Crippen LogP contribution in [0.25, 0.3) is 0 Å². The summed E-state index contributed by atoms with van der Waals surface area (Å²) in [6, 6.07) is -0.404. The van der Waals surface area contributed by atoms with Gasteiger partial charge in [-0.3, -0.25) is 9.59 Å². The van der Waals surface area contributed by atoms with Crippen LogP contribution in [0.4, 0.5) is 4.79 Å². The van der Waals surface area contributed by atoms with Gasteiger partial charge < -0.3 is 20.5 Å². The van der Waals surface area contributed by atoms with Crippen LogP contribution in [0.1, 0.15) is 40.0 Å². The lowest BCUT2D eigenvalue weighted by Gasteiger charge is -2.18. The standard InChI is InChI=1S/C14H26N2O5/c1-4-21-13(19)5-6-15-14(20)16-9-11(7-10(2)3)8-12(17)18/h10-11H,4-9H2,1-3H3,(H,17,18)(H2,15,16,20)/t11-/m0/s1. The average Bonchev–Trinajstić information content (AvgIpc) is 2.35. The predicted molar refractivity (Wildman–Crippen MR) is 77.8 cm³/mol. The van der Waals surface area contributed by atoms with E-state index in [0.717, 1.165) is 6.42 Å². The molecule has 3 N–H and O–H groups in total. The van der Waals surface area contributed by atoms with Gasteiger partial charge in [0.1, 0.15) is 0 Å². The summed E-state index contributed by atoms with van der Waals surface area (Å²) in [5, 5.41) is 14.0. The second-order valence-electron chi connectivity index (χ2n) is 5.29. The van der Waals surface area contributed by atoms with Gasteiger partial charge >= 0.3 is 18.0 Å². The number of hydrogen-bond donors (Lipinski definition) is 3. The fourth-order valence-electron chi connectivity index (χ4n) is 1.96. The van der Waals surface area contributed by atoms with E-state index in [2.05, 4.69) is 10.6 Å². The minimum Gasteiger partial charge on any atom is -0.481 e. The van der Waals surface area contributed by atoms with Crippen molar-refractivity contribution in [2.75, 3.05) is 19.7 Å². The molecule has 0 aliphatic rings. The number of hydrogen-bond acceptors (Lipinski definition) is 4. The Hall–Kier alpha value is -1.79. The SMILES string of the molecule is CCOC(=O)CCNC(=O)NC[C@H](CC(=O)O)CC(C)C. The lowest BCUT2D eigenvalue weighted by Crippen LogP contribution is -2.39. The zero-order chi connectivity index (χ0) is 16.3. The number of urea groups is 1. The molecule has 0 bridgehead atoms. The molecule has 0 saturated carbocycles. The van der Waals surface area contributed by atoms with Gasteiger partial charge in [0.15, 0.2) is 0 Å². The van der Waals surface area contributed by atoms with E-state index in [1.54, 1.807) is 6.92 Å². The first-order chi connectivity index (χ1) is 9.85. The van der Waals surface area contributed by atoms with Crippen molar-refractivity contribution >= 4 is 18.0 Å². The quantitative estimate of drug-likeness (QED) is 0.529. The molecule has 1 atom stereocenters. The number of aliphatic carboxylic acids is 1. The van der Waals surface area contributed by atoms with Crippen LogP contribution in [0.5, 0.6) is 0 Å². The van der Waals surface area contributed by atoms with Crippen LogP contribution in [0.15, 0.2) is 0 Å². The summed E-state index contributed by atoms with van der Waals surface area (Å²) in [4.78, 5) is 33.4. The minimum atomic E-state index is -0.870. The fraction of sp³-hybridized carbons (Fsp3) is 0.786. The number of amides is 2. The summed E-state index contributed by atoms with van der Waals surface area (Å²) >= 11 is 0. The van der Waals surface area contributed by atoms with Crippen LogP contribution in [-0.4, -0.2) is 42.8 Å². The predicted octanol–water partition coefficient (Wildman–Crippen LogP) is 1.38. The number of carboxylic acid groups (broad SMARTS) is 1. The highest BCUT2D eigenvalue weighted by molar-refractivity contribution is 5.75. The molecule has 2 amide bonds. The molecular formula is C14H26N2O5. The first-order valence-electron chi connectivity index (χ1n) is 7.24. The third-order valence-corrected chi connectivity index (χ3v) is 2.74. The maximum atomic E-state index is 11.5. The van der Waals surface area contributed by atoms with Crippen LogP contribution in [0, 0.1) is 11.8 Å². The highest BCUT2D eigenvalue weighted by Crippen LogP contribution is 2.14. The second-order valence-corrected chi connectivity index (χ2v) is 5.29. The number of rotatable bonds is 10. The Morgan fingerprint density at radius 3 is 2.38 bits per heavy atom. The van der Waals surface area contributed by atoms with Gasteiger partial charge in [-0.25, -0.2) is 4.79 Å². The molecule has 0 rings (SSSR count). The van der Waals surface area contributed by atoms with Crippen molar-refractivity contribution in [1.29, 1.82) is 0 Å². The third-order valence-electron chi connectivity index (χ3n) is 2.74. The van der Waals surface area contributed by atoms with E-state index in [1.807, 2.05) is 13.8 Å². The molecule has 0 spiro atoms. The molecule has 0 fully saturated rings. The lowest BCUT2D eigenvalue weighted by atomic mass is 9.94. The van der Waals surface area contributed by atoms with Gasteiger partial charge in [0.2, 0.25) is 0 Å². The summed E-state index contributed by atoms with van der Waals surface area (Å²) in [6.07, 6.45) is 0.877. The van der Waals surface area contributed by atoms with E-state index in [-0.39, 0.29) is 31.3 Å². The fourth-order valence-corrected chi connectivity index (χ4v) is 1.96. The summed E-state index contributed by atoms with van der Waals surface area (Å²) < 4.78 is 4.73. The van der Waals surface area contributed by atoms with Gasteiger partial charge in [0, 0.05) is 19.5 Å². The molecule has 122 valence electrons. The molecule has 0 aromatic rings. The Balaban J connectivity index is 3.95. The molecule has 7 heteroatoms. The van der Waals surface area contributed by atoms with E-state index in [0.29, 0.717) is 19.1 Å². The van der Waals surface area contributed by atoms with Crippen LogP contribution in [-0.2, 0) is 14.3 Å². The van der Waals surface area contributed by atoms with E-state index in [4.69, 9.17) is 9.84 Å². The highest BCUT2D eigenvalue weighted by atomic mass is 16.5. The van der Waals surface area contributed by atoms with Crippen molar-refractivity contribution in [2.45, 2.75) is 40.0 Å². The Morgan fingerprint density at radius 1 is 1.19 bits per heavy atom. The largest absolute Gasteiger partial charge is 0.481 e. The van der Waals surface area contributed by atoms with Crippen molar-refractivity contribution < 1.29 is 24.2 Å². The third kappa shape index (κ3) is 11.7. The molecule has 0 aliphatic heterocycles. The van der Waals surface area contributed by atoms with Gasteiger partial charge in [0.25, 0.3) is 0 Å². The Bertz CT molecular complexity index is 344. The molecule has 21 heavy (non-hydrogen) atoms. The molecule has 0 heterocycles. The number of nitrogens with one attached hydrogen (secondary N) is 2. The number of esters is 1. The van der Waals surface area contributed by atoms with Crippen LogP contribution in [0.3, 0.4) is 0 Å². The number of carboxylic acids is 1. The molecule has 0 aromatic carbocycles. The van der Waals surface area contributed by atoms with E-state index in [1.165, 1.54) is 0 Å². The number of carbonyl (C=O) groups excluding carboxylic acids is 2. The second kappa shape index (κ2) is 10.9. The van der Waals surface area contributed by atoms with Gasteiger partial charge in [-0.1, -0.05) is 13.8 Å². The normalized spacial score (nSPS) is 11.8. The molecule has 0 aromatic heterocycles. The number of carbonyl (C=O) groups is 3. The van der Waals surface area contributed by atoms with E-state index in [9.17, 15) is 14.4 Å². The summed E-state index contributed by atoms with van der Waals surface area (Å²) in [7, 11) is 0. The molecule has 0 saturated heterocycles. The van der Waals surface area contributed by atoms with Crippen molar-refractivity contribution in [1.82, 2.24) is 10.6 Å². The molecular weight excluding hydrogens is 276 g/mol. The van der Waals surface area contributed by atoms with Crippen molar-refractivity contribution in [3.05, 3.63) is 0 Å². The first-order valence-corrected chi connectivity index (χ1v) is 7.24. The van der Waals surface area contributed by atoms with Gasteiger partial charge in [0.05, 0.1) is 13.0 Å². The van der Waals surface area contributed by atoms with Gasteiger partial charge in [-0.05, 0) is 25.2 Å². The first kappa shape index (κ1) is 19.2. The van der Waals surface area contributed by atoms with Crippen molar-refractivity contribution in [3.8, 4) is 0 Å². The molecule has 7 nitrogen and oxygen atoms in total. The van der Waals surface area contributed by atoms with E-state index < -0.39 is 12.0 Å². The molecule has 0 aliphatic carbocycles. The zero-order valence-corrected chi connectivity index (χ0v) is 13.0. The smallest absolute Gasteiger partial charge is 0.314 e. The van der Waals surface area contributed by atoms with Gasteiger partial charge in [-0.15, -0.1) is 0 Å². The zero-order valence-electron chi connectivity index (χ0n) is 13.0. The monoisotopic (exact) mass is 302 g/mol. The molecule has 0 radical (unpaired) electrons. The maximum absolute atomic E-state index is 11.5. The summed E-state index contributed by atoms with van der Waals surface area (Å²) in [5.74, 6) is -0.965. The Labute approximate surface area is 125 Å². The van der Waals surface area contributed by atoms with Crippen LogP contribution < -0.4 is 10.6 Å².